The first kappa shape index (κ1) is 6.09. The number of rotatable bonds is 2. The van der Waals surface area contributed by atoms with Gasteiger partial charge in [0.25, 0.3) is 0 Å². The van der Waals surface area contributed by atoms with Gasteiger partial charge in [0.1, 0.15) is 0 Å². The highest BCUT2D eigenvalue weighted by Crippen LogP contribution is 2.41. The molecular formula is C7H15N. The molecule has 3 atom stereocenters. The lowest BCUT2D eigenvalue weighted by Gasteiger charge is -1.84. The number of hydrogen-bond donors (Lipinski definition) is 1. The van der Waals surface area contributed by atoms with Crippen LogP contribution in [0.1, 0.15) is 26.7 Å². The summed E-state index contributed by atoms with van der Waals surface area (Å²) in [7, 11) is 0. The van der Waals surface area contributed by atoms with Gasteiger partial charge >= 0.3 is 0 Å². The first-order valence-electron chi connectivity index (χ1n) is 3.56. The van der Waals surface area contributed by atoms with Gasteiger partial charge in [-0.1, -0.05) is 26.7 Å². The smallest absolute Gasteiger partial charge is 0.0102 e. The molecule has 1 aliphatic carbocycles. The molecule has 0 aromatic rings. The molecule has 0 aliphatic heterocycles. The highest BCUT2D eigenvalue weighted by molar-refractivity contribution is 4.98. The Kier molecular flexibility index (Phi) is 1.57. The van der Waals surface area contributed by atoms with Gasteiger partial charge in [0.05, 0.1) is 0 Å². The molecule has 2 N–H and O–H groups in total. The molecule has 0 aromatic carbocycles. The molecule has 0 aromatic heterocycles. The fourth-order valence-corrected chi connectivity index (χ4v) is 1.62. The van der Waals surface area contributed by atoms with Crippen molar-refractivity contribution in [1.29, 1.82) is 0 Å². The fourth-order valence-electron chi connectivity index (χ4n) is 1.62. The average molecular weight is 113 g/mol. The van der Waals surface area contributed by atoms with Crippen molar-refractivity contribution in [3.05, 3.63) is 0 Å². The van der Waals surface area contributed by atoms with E-state index in [-0.39, 0.29) is 0 Å². The maximum Gasteiger partial charge on any atom is 0.0102 e. The Balaban J connectivity index is 2.23. The van der Waals surface area contributed by atoms with Crippen molar-refractivity contribution in [2.45, 2.75) is 32.7 Å². The SMILES string of the molecule is CCC1C(N)[C@@H]1CC. The molecule has 1 fully saturated rings. The molecule has 48 valence electrons. The van der Waals surface area contributed by atoms with E-state index in [9.17, 15) is 0 Å². The van der Waals surface area contributed by atoms with Gasteiger partial charge < -0.3 is 5.73 Å². The second kappa shape index (κ2) is 2.06. The number of hydrogen-bond acceptors (Lipinski definition) is 1. The van der Waals surface area contributed by atoms with Crippen LogP contribution in [0, 0.1) is 11.8 Å². The molecule has 0 radical (unpaired) electrons. The zero-order valence-corrected chi connectivity index (χ0v) is 5.72. The van der Waals surface area contributed by atoms with Crippen LogP contribution in [-0.4, -0.2) is 6.04 Å². The van der Waals surface area contributed by atoms with Crippen LogP contribution in [0.15, 0.2) is 0 Å². The monoisotopic (exact) mass is 113 g/mol. The molecular weight excluding hydrogens is 98.1 g/mol. The first-order valence-corrected chi connectivity index (χ1v) is 3.56. The molecule has 1 rings (SSSR count). The molecule has 0 saturated heterocycles. The largest absolute Gasteiger partial charge is 0.327 e. The highest BCUT2D eigenvalue weighted by Gasteiger charge is 2.43. The van der Waals surface area contributed by atoms with Crippen molar-refractivity contribution in [3.8, 4) is 0 Å². The molecule has 1 heteroatoms. The van der Waals surface area contributed by atoms with Crippen LogP contribution in [0.25, 0.3) is 0 Å². The quantitative estimate of drug-likeness (QED) is 0.575. The van der Waals surface area contributed by atoms with Gasteiger partial charge in [-0.3, -0.25) is 0 Å². The standard InChI is InChI=1S/C7H15N/c1-3-5-6(4-2)7(5)8/h5-7H,3-4,8H2,1-2H3/t5-,6?,7?/m1/s1. The lowest BCUT2D eigenvalue weighted by atomic mass is 10.2. The summed E-state index contributed by atoms with van der Waals surface area (Å²) in [6, 6.07) is 0.546. The Labute approximate surface area is 51.3 Å². The van der Waals surface area contributed by atoms with E-state index < -0.39 is 0 Å². The summed E-state index contributed by atoms with van der Waals surface area (Å²) in [6.45, 7) is 4.44. The molecule has 8 heavy (non-hydrogen) atoms. The van der Waals surface area contributed by atoms with Crippen LogP contribution in [0.2, 0.25) is 0 Å². The lowest BCUT2D eigenvalue weighted by Crippen LogP contribution is -2.02. The molecule has 0 heterocycles. The third-order valence-electron chi connectivity index (χ3n) is 2.34. The zero-order valence-electron chi connectivity index (χ0n) is 5.72. The maximum absolute atomic E-state index is 5.73. The van der Waals surface area contributed by atoms with Gasteiger partial charge in [-0.2, -0.15) is 0 Å². The van der Waals surface area contributed by atoms with Crippen molar-refractivity contribution in [3.63, 3.8) is 0 Å². The molecule has 0 spiro atoms. The molecule has 1 saturated carbocycles. The Morgan fingerprint density at radius 2 is 1.50 bits per heavy atom. The van der Waals surface area contributed by atoms with Gasteiger partial charge in [-0.25, -0.2) is 0 Å². The van der Waals surface area contributed by atoms with Gasteiger partial charge in [-0.15, -0.1) is 0 Å². The summed E-state index contributed by atoms with van der Waals surface area (Å²) >= 11 is 0. The Morgan fingerprint density at radius 1 is 1.12 bits per heavy atom. The average Bonchev–Trinajstić information content (AvgIpc) is 2.40. The van der Waals surface area contributed by atoms with Crippen LogP contribution in [0.4, 0.5) is 0 Å². The van der Waals surface area contributed by atoms with Gasteiger partial charge in [0.15, 0.2) is 0 Å². The normalized spacial score (nSPS) is 44.6. The van der Waals surface area contributed by atoms with Crippen LogP contribution < -0.4 is 5.73 Å². The summed E-state index contributed by atoms with van der Waals surface area (Å²) in [5, 5.41) is 0. The highest BCUT2D eigenvalue weighted by atomic mass is 14.8. The van der Waals surface area contributed by atoms with E-state index >= 15 is 0 Å². The number of nitrogens with two attached hydrogens (primary N) is 1. The van der Waals surface area contributed by atoms with E-state index in [0.29, 0.717) is 6.04 Å². The second-order valence-electron chi connectivity index (χ2n) is 2.72. The van der Waals surface area contributed by atoms with Gasteiger partial charge in [-0.05, 0) is 11.8 Å². The third-order valence-corrected chi connectivity index (χ3v) is 2.34. The van der Waals surface area contributed by atoms with Crippen molar-refractivity contribution < 1.29 is 0 Å². The topological polar surface area (TPSA) is 26.0 Å². The molecule has 1 aliphatic rings. The van der Waals surface area contributed by atoms with Gasteiger partial charge in [0.2, 0.25) is 0 Å². The summed E-state index contributed by atoms with van der Waals surface area (Å²) in [5.74, 6) is 1.72. The van der Waals surface area contributed by atoms with Crippen molar-refractivity contribution >= 4 is 0 Å². The Bertz CT molecular complexity index is 70.5. The summed E-state index contributed by atoms with van der Waals surface area (Å²) in [5.41, 5.74) is 5.73. The van der Waals surface area contributed by atoms with Crippen LogP contribution in [0.3, 0.4) is 0 Å². The molecule has 2 unspecified atom stereocenters. The summed E-state index contributed by atoms with van der Waals surface area (Å²) < 4.78 is 0. The van der Waals surface area contributed by atoms with E-state index in [1.54, 1.807) is 0 Å². The lowest BCUT2D eigenvalue weighted by molar-refractivity contribution is 0.663. The molecule has 1 nitrogen and oxygen atoms in total. The predicted molar refractivity (Wildman–Crippen MR) is 35.5 cm³/mol. The van der Waals surface area contributed by atoms with E-state index in [4.69, 9.17) is 5.73 Å². The van der Waals surface area contributed by atoms with Crippen LogP contribution >= 0.6 is 0 Å². The van der Waals surface area contributed by atoms with Crippen LogP contribution in [0.5, 0.6) is 0 Å². The zero-order chi connectivity index (χ0) is 6.15. The van der Waals surface area contributed by atoms with E-state index in [1.165, 1.54) is 12.8 Å². The minimum atomic E-state index is 0.546. The first-order chi connectivity index (χ1) is 3.81. The van der Waals surface area contributed by atoms with Crippen molar-refractivity contribution in [1.82, 2.24) is 0 Å². The van der Waals surface area contributed by atoms with Crippen molar-refractivity contribution in [2.75, 3.05) is 0 Å². The molecule has 0 bridgehead atoms. The van der Waals surface area contributed by atoms with Crippen LogP contribution in [-0.2, 0) is 0 Å². The molecule has 0 amide bonds. The minimum absolute atomic E-state index is 0.546. The third kappa shape index (κ3) is 0.752. The van der Waals surface area contributed by atoms with Crippen molar-refractivity contribution in [2.24, 2.45) is 17.6 Å². The second-order valence-corrected chi connectivity index (χ2v) is 2.72. The Morgan fingerprint density at radius 3 is 1.62 bits per heavy atom. The predicted octanol–water partition coefficient (Wildman–Crippen LogP) is 1.38. The summed E-state index contributed by atoms with van der Waals surface area (Å²) in [4.78, 5) is 0. The summed E-state index contributed by atoms with van der Waals surface area (Å²) in [6.07, 6.45) is 2.55. The fraction of sp³-hybridized carbons (Fsp3) is 1.00. The van der Waals surface area contributed by atoms with E-state index in [0.717, 1.165) is 11.8 Å². The van der Waals surface area contributed by atoms with E-state index in [1.807, 2.05) is 0 Å². The van der Waals surface area contributed by atoms with Gasteiger partial charge in [0, 0.05) is 6.04 Å². The van der Waals surface area contributed by atoms with E-state index in [2.05, 4.69) is 13.8 Å². The minimum Gasteiger partial charge on any atom is -0.327 e. The Hall–Kier alpha value is -0.0400. The maximum atomic E-state index is 5.73.